The van der Waals surface area contributed by atoms with E-state index < -0.39 is 11.3 Å². The van der Waals surface area contributed by atoms with Crippen molar-refractivity contribution in [2.24, 2.45) is 0 Å². The number of nitrogens with one attached hydrogen (secondary N) is 2. The Morgan fingerprint density at radius 2 is 1.94 bits per heavy atom. The van der Waals surface area contributed by atoms with Crippen molar-refractivity contribution in [2.75, 3.05) is 18.7 Å². The van der Waals surface area contributed by atoms with Gasteiger partial charge >= 0.3 is 0 Å². The first-order chi connectivity index (χ1) is 15.0. The summed E-state index contributed by atoms with van der Waals surface area (Å²) in [5.74, 6) is -0.564. The molecule has 31 heavy (non-hydrogen) atoms. The number of carbonyl (C=O) groups is 1. The second-order valence-corrected chi connectivity index (χ2v) is 7.76. The van der Waals surface area contributed by atoms with Crippen molar-refractivity contribution in [2.45, 2.75) is 25.8 Å². The molecule has 0 spiro atoms. The number of amides is 1. The van der Waals surface area contributed by atoms with Gasteiger partial charge in [-0.3, -0.25) is 9.59 Å². The van der Waals surface area contributed by atoms with E-state index in [4.69, 9.17) is 16.3 Å². The molecule has 0 saturated heterocycles. The fraction of sp³-hybridized carbons (Fsp3) is 0.261. The summed E-state index contributed by atoms with van der Waals surface area (Å²) in [6.07, 6.45) is 1.42. The smallest absolute Gasteiger partial charge is 0.276 e. The van der Waals surface area contributed by atoms with Crippen LogP contribution in [0.3, 0.4) is 0 Å². The number of rotatable bonds is 3. The Labute approximate surface area is 185 Å². The number of halogens is 1. The molecule has 1 unspecified atom stereocenters. The number of aryl methyl sites for hydroxylation is 1. The molecule has 1 aromatic heterocycles. The molecule has 0 radical (unpaired) electrons. The van der Waals surface area contributed by atoms with Gasteiger partial charge in [0, 0.05) is 5.69 Å². The second kappa shape index (κ2) is 9.32. The first kappa shape index (κ1) is 21.1. The summed E-state index contributed by atoms with van der Waals surface area (Å²) in [6.45, 7) is 2.35. The van der Waals surface area contributed by atoms with Gasteiger partial charge in [-0.25, -0.2) is 4.68 Å². The number of anilines is 1. The molecule has 0 saturated carbocycles. The standard InChI is InChI=1S/C23H23ClN4O3/c1-15-20(24)22(29)21(27-28(15)18-8-3-2-4-9-18)23(30)26-17-12-11-16-7-5-6-10-19(16)25-14-31-13-17/h2-10,17,25H,11-14H2,1H3,(H,26,30). The van der Waals surface area contributed by atoms with Gasteiger partial charge in [-0.2, -0.15) is 5.10 Å². The predicted molar refractivity (Wildman–Crippen MR) is 120 cm³/mol. The zero-order valence-electron chi connectivity index (χ0n) is 17.1. The minimum Gasteiger partial charge on any atom is -0.362 e. The summed E-state index contributed by atoms with van der Waals surface area (Å²) in [5.41, 5.74) is 2.53. The van der Waals surface area contributed by atoms with E-state index in [1.54, 1.807) is 6.92 Å². The first-order valence-corrected chi connectivity index (χ1v) is 10.5. The highest BCUT2D eigenvalue weighted by atomic mass is 35.5. The first-order valence-electron chi connectivity index (χ1n) is 10.1. The molecule has 3 aromatic rings. The van der Waals surface area contributed by atoms with Crippen LogP contribution in [0.2, 0.25) is 5.02 Å². The third-order valence-electron chi connectivity index (χ3n) is 5.26. The molecule has 1 amide bonds. The third-order valence-corrected chi connectivity index (χ3v) is 5.71. The number of hydrogen-bond donors (Lipinski definition) is 2. The lowest BCUT2D eigenvalue weighted by atomic mass is 10.0. The Morgan fingerprint density at radius 3 is 2.74 bits per heavy atom. The molecule has 1 aliphatic rings. The summed E-state index contributed by atoms with van der Waals surface area (Å²) < 4.78 is 7.18. The van der Waals surface area contributed by atoms with E-state index in [1.165, 1.54) is 4.68 Å². The maximum Gasteiger partial charge on any atom is 0.276 e. The predicted octanol–water partition coefficient (Wildman–Crippen LogP) is 3.33. The normalized spacial score (nSPS) is 16.3. The number of nitrogens with zero attached hydrogens (tertiary/aromatic N) is 2. The highest BCUT2D eigenvalue weighted by Gasteiger charge is 2.23. The van der Waals surface area contributed by atoms with E-state index in [9.17, 15) is 9.59 Å². The Bertz CT molecular complexity index is 1150. The molecule has 7 nitrogen and oxygen atoms in total. The van der Waals surface area contributed by atoms with Crippen LogP contribution in [0.15, 0.2) is 59.4 Å². The SMILES string of the molecule is Cc1c(Cl)c(=O)c(C(=O)NC2CCc3ccccc3NCOC2)nn1-c1ccccc1. The van der Waals surface area contributed by atoms with E-state index >= 15 is 0 Å². The Kier molecular flexibility index (Phi) is 6.34. The Hall–Kier alpha value is -3.16. The van der Waals surface area contributed by atoms with Gasteiger partial charge in [0.15, 0.2) is 5.69 Å². The van der Waals surface area contributed by atoms with E-state index in [2.05, 4.69) is 15.7 Å². The molecule has 2 heterocycles. The quantitative estimate of drug-likeness (QED) is 0.655. The molecule has 0 aliphatic carbocycles. The van der Waals surface area contributed by atoms with Crippen LogP contribution in [0.4, 0.5) is 5.69 Å². The van der Waals surface area contributed by atoms with Gasteiger partial charge in [0.05, 0.1) is 24.0 Å². The van der Waals surface area contributed by atoms with E-state index in [0.717, 1.165) is 17.7 Å². The van der Waals surface area contributed by atoms with Crippen LogP contribution in [0.5, 0.6) is 0 Å². The van der Waals surface area contributed by atoms with Crippen LogP contribution in [0, 0.1) is 6.92 Å². The van der Waals surface area contributed by atoms with Gasteiger partial charge in [-0.05, 0) is 43.5 Å². The molecule has 0 bridgehead atoms. The monoisotopic (exact) mass is 438 g/mol. The van der Waals surface area contributed by atoms with Crippen molar-refractivity contribution < 1.29 is 9.53 Å². The van der Waals surface area contributed by atoms with Gasteiger partial charge < -0.3 is 15.4 Å². The van der Waals surface area contributed by atoms with Crippen molar-refractivity contribution in [3.63, 3.8) is 0 Å². The largest absolute Gasteiger partial charge is 0.362 e. The van der Waals surface area contributed by atoms with Crippen LogP contribution in [0.25, 0.3) is 5.69 Å². The van der Waals surface area contributed by atoms with Gasteiger partial charge in [-0.1, -0.05) is 48.0 Å². The lowest BCUT2D eigenvalue weighted by Crippen LogP contribution is -2.41. The number of fused-ring (bicyclic) bond motifs is 1. The maximum atomic E-state index is 13.0. The Balaban J connectivity index is 1.58. The van der Waals surface area contributed by atoms with E-state index in [1.807, 2.05) is 54.6 Å². The van der Waals surface area contributed by atoms with Crippen molar-refractivity contribution in [3.05, 3.63) is 86.8 Å². The highest BCUT2D eigenvalue weighted by molar-refractivity contribution is 6.31. The second-order valence-electron chi connectivity index (χ2n) is 7.38. The average molecular weight is 439 g/mol. The van der Waals surface area contributed by atoms with Crippen LogP contribution in [0.1, 0.15) is 28.2 Å². The minimum absolute atomic E-state index is 0.0205. The van der Waals surface area contributed by atoms with E-state index in [0.29, 0.717) is 31.1 Å². The minimum atomic E-state index is -0.583. The van der Waals surface area contributed by atoms with Crippen molar-refractivity contribution >= 4 is 23.2 Å². The number of hydrogen-bond acceptors (Lipinski definition) is 5. The molecule has 160 valence electrons. The van der Waals surface area contributed by atoms with Crippen molar-refractivity contribution in [1.29, 1.82) is 0 Å². The molecule has 2 N–H and O–H groups in total. The molecule has 2 aromatic carbocycles. The molecular weight excluding hydrogens is 416 g/mol. The average Bonchev–Trinajstić information content (AvgIpc) is 2.89. The number of carbonyl (C=O) groups excluding carboxylic acids is 1. The molecular formula is C23H23ClN4O3. The third kappa shape index (κ3) is 4.62. The topological polar surface area (TPSA) is 85.2 Å². The molecule has 0 fully saturated rings. The van der Waals surface area contributed by atoms with Crippen LogP contribution in [-0.4, -0.2) is 35.1 Å². The van der Waals surface area contributed by atoms with Crippen LogP contribution < -0.4 is 16.1 Å². The number of ether oxygens (including phenoxy) is 1. The molecule has 8 heteroatoms. The lowest BCUT2D eigenvalue weighted by molar-refractivity contribution is 0.0851. The number of aromatic nitrogens is 2. The zero-order chi connectivity index (χ0) is 21.8. The van der Waals surface area contributed by atoms with E-state index in [-0.39, 0.29) is 16.8 Å². The zero-order valence-corrected chi connectivity index (χ0v) is 17.9. The van der Waals surface area contributed by atoms with Gasteiger partial charge in [-0.15, -0.1) is 0 Å². The van der Waals surface area contributed by atoms with Crippen LogP contribution >= 0.6 is 11.6 Å². The van der Waals surface area contributed by atoms with Crippen molar-refractivity contribution in [3.8, 4) is 5.69 Å². The molecule has 1 atom stereocenters. The summed E-state index contributed by atoms with van der Waals surface area (Å²) in [7, 11) is 0. The van der Waals surface area contributed by atoms with Gasteiger partial charge in [0.2, 0.25) is 5.43 Å². The summed E-state index contributed by atoms with van der Waals surface area (Å²) >= 11 is 6.26. The fourth-order valence-corrected chi connectivity index (χ4v) is 3.74. The maximum absolute atomic E-state index is 13.0. The lowest BCUT2D eigenvalue weighted by Gasteiger charge is -2.18. The van der Waals surface area contributed by atoms with Gasteiger partial charge in [0.1, 0.15) is 11.8 Å². The fourth-order valence-electron chi connectivity index (χ4n) is 3.57. The number of benzene rings is 2. The molecule has 1 aliphatic heterocycles. The van der Waals surface area contributed by atoms with Crippen molar-refractivity contribution in [1.82, 2.24) is 15.1 Å². The van der Waals surface area contributed by atoms with Crippen LogP contribution in [-0.2, 0) is 11.2 Å². The Morgan fingerprint density at radius 1 is 1.19 bits per heavy atom. The summed E-state index contributed by atoms with van der Waals surface area (Å²) in [6, 6.07) is 17.0. The molecule has 4 rings (SSSR count). The highest BCUT2D eigenvalue weighted by Crippen LogP contribution is 2.19. The summed E-state index contributed by atoms with van der Waals surface area (Å²) in [5, 5.41) is 10.4. The van der Waals surface area contributed by atoms with Gasteiger partial charge in [0.25, 0.3) is 5.91 Å². The summed E-state index contributed by atoms with van der Waals surface area (Å²) in [4.78, 5) is 25.7. The number of para-hydroxylation sites is 2.